The van der Waals surface area contributed by atoms with Gasteiger partial charge in [-0.25, -0.2) is 4.98 Å². The molecule has 3 nitrogen and oxygen atoms in total. The first-order valence-electron chi connectivity index (χ1n) is 5.88. The highest BCUT2D eigenvalue weighted by Crippen LogP contribution is 2.29. The monoisotopic (exact) mass is 215 g/mol. The molecule has 3 heteroatoms. The Balaban J connectivity index is 1.86. The Bertz CT molecular complexity index is 390. The molecule has 1 aliphatic carbocycles. The van der Waals surface area contributed by atoms with Gasteiger partial charge in [0.25, 0.3) is 0 Å². The number of nitriles is 1. The molecule has 0 radical (unpaired) electrons. The van der Waals surface area contributed by atoms with E-state index in [0.29, 0.717) is 11.7 Å². The Morgan fingerprint density at radius 2 is 2.44 bits per heavy atom. The number of nitrogens with one attached hydrogen (secondary N) is 1. The summed E-state index contributed by atoms with van der Waals surface area (Å²) in [7, 11) is 0. The summed E-state index contributed by atoms with van der Waals surface area (Å²) in [6.45, 7) is 3.07. The first kappa shape index (κ1) is 11.1. The lowest BCUT2D eigenvalue weighted by molar-refractivity contribution is 0.240. The minimum Gasteiger partial charge on any atom is -0.310 e. The van der Waals surface area contributed by atoms with Crippen molar-refractivity contribution in [3.05, 3.63) is 29.6 Å². The zero-order valence-corrected chi connectivity index (χ0v) is 9.61. The molecule has 0 aliphatic heterocycles. The third-order valence-electron chi connectivity index (χ3n) is 3.42. The van der Waals surface area contributed by atoms with Gasteiger partial charge in [-0.1, -0.05) is 6.42 Å². The van der Waals surface area contributed by atoms with Crippen molar-refractivity contribution in [2.24, 2.45) is 5.92 Å². The van der Waals surface area contributed by atoms with Gasteiger partial charge in [0.05, 0.1) is 0 Å². The van der Waals surface area contributed by atoms with E-state index < -0.39 is 0 Å². The predicted octanol–water partition coefficient (Wildman–Crippen LogP) is 2.23. The van der Waals surface area contributed by atoms with E-state index in [4.69, 9.17) is 5.26 Å². The second-order valence-corrected chi connectivity index (χ2v) is 4.52. The fourth-order valence-electron chi connectivity index (χ4n) is 2.03. The summed E-state index contributed by atoms with van der Waals surface area (Å²) in [6, 6.07) is 6.44. The summed E-state index contributed by atoms with van der Waals surface area (Å²) in [5.74, 6) is 0.845. The number of pyridine rings is 1. The molecule has 1 N–H and O–H groups in total. The zero-order valence-electron chi connectivity index (χ0n) is 9.61. The molecule has 1 unspecified atom stereocenters. The molecule has 0 bridgehead atoms. The summed E-state index contributed by atoms with van der Waals surface area (Å²) < 4.78 is 0. The SMILES string of the molecule is CC(NCc1ccnc(C#N)c1)C1CCC1. The molecule has 0 amide bonds. The molecule has 2 rings (SSSR count). The number of rotatable bonds is 4. The summed E-state index contributed by atoms with van der Waals surface area (Å²) in [4.78, 5) is 3.96. The number of hydrogen-bond donors (Lipinski definition) is 1. The summed E-state index contributed by atoms with van der Waals surface area (Å²) in [6.07, 6.45) is 5.79. The maximum absolute atomic E-state index is 8.74. The Morgan fingerprint density at radius 3 is 3.06 bits per heavy atom. The lowest BCUT2D eigenvalue weighted by Gasteiger charge is -2.32. The molecular formula is C13H17N3. The van der Waals surface area contributed by atoms with Gasteiger partial charge in [0.15, 0.2) is 0 Å². The van der Waals surface area contributed by atoms with Crippen LogP contribution in [0.3, 0.4) is 0 Å². The van der Waals surface area contributed by atoms with Crippen molar-refractivity contribution in [1.82, 2.24) is 10.3 Å². The van der Waals surface area contributed by atoms with Gasteiger partial charge < -0.3 is 5.32 Å². The van der Waals surface area contributed by atoms with Crippen LogP contribution in [0.1, 0.15) is 37.4 Å². The van der Waals surface area contributed by atoms with Crippen molar-refractivity contribution in [2.45, 2.75) is 38.8 Å². The van der Waals surface area contributed by atoms with Crippen molar-refractivity contribution in [2.75, 3.05) is 0 Å². The quantitative estimate of drug-likeness (QED) is 0.838. The van der Waals surface area contributed by atoms with Gasteiger partial charge in [0, 0.05) is 18.8 Å². The first-order valence-corrected chi connectivity index (χ1v) is 5.88. The van der Waals surface area contributed by atoms with E-state index in [1.165, 1.54) is 19.3 Å². The highest BCUT2D eigenvalue weighted by atomic mass is 14.9. The maximum Gasteiger partial charge on any atom is 0.140 e. The van der Waals surface area contributed by atoms with Crippen LogP contribution in [0.5, 0.6) is 0 Å². The van der Waals surface area contributed by atoms with E-state index in [1.54, 1.807) is 6.20 Å². The van der Waals surface area contributed by atoms with Crippen molar-refractivity contribution in [3.63, 3.8) is 0 Å². The molecule has 1 atom stereocenters. The predicted molar refractivity (Wildman–Crippen MR) is 62.6 cm³/mol. The molecule has 0 saturated heterocycles. The maximum atomic E-state index is 8.74. The van der Waals surface area contributed by atoms with E-state index in [0.717, 1.165) is 18.0 Å². The van der Waals surface area contributed by atoms with Crippen molar-refractivity contribution in [3.8, 4) is 6.07 Å². The Labute approximate surface area is 96.5 Å². The lowest BCUT2D eigenvalue weighted by Crippen LogP contribution is -2.36. The van der Waals surface area contributed by atoms with Gasteiger partial charge in [-0.2, -0.15) is 5.26 Å². The van der Waals surface area contributed by atoms with Crippen molar-refractivity contribution in [1.29, 1.82) is 5.26 Å². The third-order valence-corrected chi connectivity index (χ3v) is 3.42. The van der Waals surface area contributed by atoms with Crippen LogP contribution >= 0.6 is 0 Å². The van der Waals surface area contributed by atoms with Crippen LogP contribution in [0.25, 0.3) is 0 Å². The molecule has 1 aromatic heterocycles. The third kappa shape index (κ3) is 2.59. The molecule has 1 fully saturated rings. The molecule has 1 saturated carbocycles. The molecule has 1 aromatic rings. The topological polar surface area (TPSA) is 48.7 Å². The summed E-state index contributed by atoms with van der Waals surface area (Å²) in [5.41, 5.74) is 1.63. The van der Waals surface area contributed by atoms with Crippen molar-refractivity contribution >= 4 is 0 Å². The highest BCUT2D eigenvalue weighted by Gasteiger charge is 2.23. The normalized spacial score (nSPS) is 17.5. The molecule has 84 valence electrons. The molecule has 0 aromatic carbocycles. The van der Waals surface area contributed by atoms with E-state index in [9.17, 15) is 0 Å². The van der Waals surface area contributed by atoms with E-state index in [-0.39, 0.29) is 0 Å². The van der Waals surface area contributed by atoms with Crippen LogP contribution in [0, 0.1) is 17.2 Å². The number of aromatic nitrogens is 1. The molecule has 1 heterocycles. The molecule has 0 spiro atoms. The van der Waals surface area contributed by atoms with Crippen LogP contribution in [-0.2, 0) is 6.54 Å². The number of hydrogen-bond acceptors (Lipinski definition) is 3. The van der Waals surface area contributed by atoms with Crippen LogP contribution in [0.4, 0.5) is 0 Å². The molecular weight excluding hydrogens is 198 g/mol. The average molecular weight is 215 g/mol. The van der Waals surface area contributed by atoms with Crippen LogP contribution in [0.15, 0.2) is 18.3 Å². The van der Waals surface area contributed by atoms with Crippen molar-refractivity contribution < 1.29 is 0 Å². The Hall–Kier alpha value is -1.40. The van der Waals surface area contributed by atoms with Crippen LogP contribution in [-0.4, -0.2) is 11.0 Å². The Kier molecular flexibility index (Phi) is 3.53. The van der Waals surface area contributed by atoms with E-state index >= 15 is 0 Å². The minimum atomic E-state index is 0.496. The standard InChI is InChI=1S/C13H17N3/c1-10(12-3-2-4-12)16-9-11-5-6-15-13(7-11)8-14/h5-7,10,12,16H,2-4,9H2,1H3. The smallest absolute Gasteiger partial charge is 0.140 e. The Morgan fingerprint density at radius 1 is 1.62 bits per heavy atom. The van der Waals surface area contributed by atoms with E-state index in [1.807, 2.05) is 12.1 Å². The van der Waals surface area contributed by atoms with Gasteiger partial charge in [-0.3, -0.25) is 0 Å². The molecule has 16 heavy (non-hydrogen) atoms. The second kappa shape index (κ2) is 5.09. The van der Waals surface area contributed by atoms with Crippen LogP contribution < -0.4 is 5.32 Å². The van der Waals surface area contributed by atoms with Gasteiger partial charge in [0.1, 0.15) is 11.8 Å². The van der Waals surface area contributed by atoms with Gasteiger partial charge >= 0.3 is 0 Å². The minimum absolute atomic E-state index is 0.496. The van der Waals surface area contributed by atoms with E-state index in [2.05, 4.69) is 23.3 Å². The lowest BCUT2D eigenvalue weighted by atomic mass is 9.80. The zero-order chi connectivity index (χ0) is 11.4. The van der Waals surface area contributed by atoms with Gasteiger partial charge in [-0.15, -0.1) is 0 Å². The summed E-state index contributed by atoms with van der Waals surface area (Å²) in [5, 5.41) is 12.3. The largest absolute Gasteiger partial charge is 0.310 e. The first-order chi connectivity index (χ1) is 7.79. The fraction of sp³-hybridized carbons (Fsp3) is 0.538. The van der Waals surface area contributed by atoms with Gasteiger partial charge in [-0.05, 0) is 43.4 Å². The van der Waals surface area contributed by atoms with Gasteiger partial charge in [0.2, 0.25) is 0 Å². The fourth-order valence-corrected chi connectivity index (χ4v) is 2.03. The molecule has 1 aliphatic rings. The highest BCUT2D eigenvalue weighted by molar-refractivity contribution is 5.25. The van der Waals surface area contributed by atoms with Crippen LogP contribution in [0.2, 0.25) is 0 Å². The number of nitrogens with zero attached hydrogens (tertiary/aromatic N) is 2. The summed E-state index contributed by atoms with van der Waals surface area (Å²) >= 11 is 0. The second-order valence-electron chi connectivity index (χ2n) is 4.52. The average Bonchev–Trinajstić information content (AvgIpc) is 2.24.